The fourth-order valence-corrected chi connectivity index (χ4v) is 4.64. The van der Waals surface area contributed by atoms with Crippen LogP contribution in [0.4, 0.5) is 0 Å². The smallest absolute Gasteiger partial charge is 0.0170 e. The molecule has 1 nitrogen and oxygen atoms in total. The van der Waals surface area contributed by atoms with Gasteiger partial charge in [0.15, 0.2) is 0 Å². The van der Waals surface area contributed by atoms with Crippen molar-refractivity contribution >= 4 is 0 Å². The molecule has 2 heterocycles. The third kappa shape index (κ3) is 2.20. The Morgan fingerprint density at radius 2 is 1.43 bits per heavy atom. The summed E-state index contributed by atoms with van der Waals surface area (Å²) in [5, 5.41) is 0. The molecule has 2 aliphatic heterocycles. The molecule has 2 saturated heterocycles. The molecule has 4 atom stereocenters. The molecule has 2 fully saturated rings. The van der Waals surface area contributed by atoms with Crippen LogP contribution in [-0.4, -0.2) is 24.0 Å². The summed E-state index contributed by atoms with van der Waals surface area (Å²) >= 11 is 0. The van der Waals surface area contributed by atoms with Gasteiger partial charge in [0.25, 0.3) is 0 Å². The van der Waals surface area contributed by atoms with Crippen LogP contribution in [-0.2, 0) is 0 Å². The zero-order valence-electron chi connectivity index (χ0n) is 12.7. The number of likely N-dealkylation sites (N-methyl/N-ethyl adjacent to an activating group) is 1. The second-order valence-electron chi connectivity index (χ2n) is 6.65. The van der Waals surface area contributed by atoms with Gasteiger partial charge >= 0.3 is 0 Å². The summed E-state index contributed by atoms with van der Waals surface area (Å²) in [4.78, 5) is 2.65. The monoisotopic (exact) mass is 277 g/mol. The minimum atomic E-state index is 0.636. The first kappa shape index (κ1) is 13.1. The molecule has 1 heteroatoms. The van der Waals surface area contributed by atoms with Gasteiger partial charge in [-0.1, -0.05) is 60.7 Å². The first-order valence-electron chi connectivity index (χ1n) is 8.16. The van der Waals surface area contributed by atoms with Crippen molar-refractivity contribution < 1.29 is 0 Å². The van der Waals surface area contributed by atoms with Crippen LogP contribution in [0.2, 0.25) is 0 Å². The summed E-state index contributed by atoms with van der Waals surface area (Å²) in [5.74, 6) is 1.31. The van der Waals surface area contributed by atoms with Crippen LogP contribution in [0.3, 0.4) is 0 Å². The summed E-state index contributed by atoms with van der Waals surface area (Å²) in [5.41, 5.74) is 3.04. The molecule has 21 heavy (non-hydrogen) atoms. The van der Waals surface area contributed by atoms with Crippen LogP contribution in [0.5, 0.6) is 0 Å². The molecule has 108 valence electrons. The third-order valence-corrected chi connectivity index (χ3v) is 5.68. The molecule has 0 radical (unpaired) electrons. The molecule has 2 bridgehead atoms. The summed E-state index contributed by atoms with van der Waals surface area (Å²) in [7, 11) is 2.33. The van der Waals surface area contributed by atoms with Crippen molar-refractivity contribution in [2.24, 2.45) is 0 Å². The highest BCUT2D eigenvalue weighted by Crippen LogP contribution is 2.50. The maximum absolute atomic E-state index is 2.65. The second-order valence-corrected chi connectivity index (χ2v) is 6.65. The highest BCUT2D eigenvalue weighted by Gasteiger charge is 2.46. The minimum Gasteiger partial charge on any atom is -0.300 e. The van der Waals surface area contributed by atoms with Crippen LogP contribution in [0.25, 0.3) is 0 Å². The van der Waals surface area contributed by atoms with E-state index < -0.39 is 0 Å². The van der Waals surface area contributed by atoms with Crippen LogP contribution < -0.4 is 0 Å². The van der Waals surface area contributed by atoms with Gasteiger partial charge in [-0.3, -0.25) is 4.90 Å². The maximum atomic E-state index is 2.65. The summed E-state index contributed by atoms with van der Waals surface area (Å²) in [6, 6.07) is 23.8. The van der Waals surface area contributed by atoms with E-state index in [-0.39, 0.29) is 0 Å². The largest absolute Gasteiger partial charge is 0.300 e. The van der Waals surface area contributed by atoms with E-state index in [4.69, 9.17) is 0 Å². The fraction of sp³-hybridized carbons (Fsp3) is 0.400. The number of hydrogen-bond acceptors (Lipinski definition) is 1. The lowest BCUT2D eigenvalue weighted by molar-refractivity contribution is 0.137. The molecule has 0 saturated carbocycles. The first-order chi connectivity index (χ1) is 10.3. The zero-order chi connectivity index (χ0) is 14.2. The third-order valence-electron chi connectivity index (χ3n) is 5.68. The van der Waals surface area contributed by atoms with Crippen LogP contribution >= 0.6 is 0 Å². The molecule has 2 aliphatic rings. The van der Waals surface area contributed by atoms with E-state index in [1.54, 1.807) is 0 Å². The lowest BCUT2D eigenvalue weighted by atomic mass is 9.73. The number of fused-ring (bicyclic) bond motifs is 2. The first-order valence-corrected chi connectivity index (χ1v) is 8.16. The van der Waals surface area contributed by atoms with E-state index in [1.807, 2.05) is 0 Å². The van der Waals surface area contributed by atoms with Crippen LogP contribution in [0, 0.1) is 0 Å². The summed E-state index contributed by atoms with van der Waals surface area (Å²) < 4.78 is 0. The second kappa shape index (κ2) is 5.31. The Kier molecular flexibility index (Phi) is 3.31. The summed E-state index contributed by atoms with van der Waals surface area (Å²) in [6.07, 6.45) is 4.02. The Hall–Kier alpha value is -1.60. The van der Waals surface area contributed by atoms with Gasteiger partial charge in [-0.05, 0) is 43.4 Å². The van der Waals surface area contributed by atoms with Gasteiger partial charge < -0.3 is 0 Å². The minimum absolute atomic E-state index is 0.636. The summed E-state index contributed by atoms with van der Waals surface area (Å²) in [6.45, 7) is 0. The number of nitrogens with zero attached hydrogens (tertiary/aromatic N) is 1. The topological polar surface area (TPSA) is 3.24 Å². The Balaban J connectivity index is 1.77. The van der Waals surface area contributed by atoms with Crippen molar-refractivity contribution in [1.82, 2.24) is 4.90 Å². The van der Waals surface area contributed by atoms with E-state index in [0.717, 1.165) is 6.04 Å². The van der Waals surface area contributed by atoms with Gasteiger partial charge in [0, 0.05) is 18.0 Å². The average Bonchev–Trinajstić information content (AvgIpc) is 2.79. The Bertz CT molecular complexity index is 592. The predicted molar refractivity (Wildman–Crippen MR) is 87.6 cm³/mol. The molecular formula is C20H23N. The normalized spacial score (nSPS) is 32.2. The molecule has 0 spiro atoms. The standard InChI is InChI=1S/C20H23N/c1-21-17-12-13-19(21)20(16-10-6-3-7-11-16)18(14-17)15-8-4-2-5-9-15/h2-11,17-20H,12-14H2,1H3/t17-,18+,19+,20-/m0/s1. The molecule has 4 rings (SSSR count). The van der Waals surface area contributed by atoms with Crippen molar-refractivity contribution in [2.75, 3.05) is 7.05 Å². The van der Waals surface area contributed by atoms with E-state index in [1.165, 1.54) is 30.4 Å². The maximum Gasteiger partial charge on any atom is 0.0170 e. The van der Waals surface area contributed by atoms with Crippen molar-refractivity contribution in [3.05, 3.63) is 71.8 Å². The van der Waals surface area contributed by atoms with Crippen LogP contribution in [0.15, 0.2) is 60.7 Å². The highest BCUT2D eigenvalue weighted by molar-refractivity contribution is 5.32. The van der Waals surface area contributed by atoms with E-state index in [0.29, 0.717) is 17.9 Å². The van der Waals surface area contributed by atoms with Crippen molar-refractivity contribution in [3.8, 4) is 0 Å². The van der Waals surface area contributed by atoms with Crippen molar-refractivity contribution in [1.29, 1.82) is 0 Å². The fourth-order valence-electron chi connectivity index (χ4n) is 4.64. The van der Waals surface area contributed by atoms with Gasteiger partial charge in [0.1, 0.15) is 0 Å². The molecule has 0 amide bonds. The molecular weight excluding hydrogens is 254 g/mol. The molecule has 0 N–H and O–H groups in total. The van der Waals surface area contributed by atoms with E-state index in [2.05, 4.69) is 72.6 Å². The van der Waals surface area contributed by atoms with Gasteiger partial charge in [-0.25, -0.2) is 0 Å². The number of piperidine rings is 1. The van der Waals surface area contributed by atoms with E-state index >= 15 is 0 Å². The lowest BCUT2D eigenvalue weighted by Crippen LogP contribution is -2.44. The Labute approximate surface area is 127 Å². The SMILES string of the molecule is CN1[C@H]2CC[C@@H]1[C@@H](c1ccccc1)[C@@H](c1ccccc1)C2. The Morgan fingerprint density at radius 1 is 0.810 bits per heavy atom. The van der Waals surface area contributed by atoms with Gasteiger partial charge in [0.2, 0.25) is 0 Å². The highest BCUT2D eigenvalue weighted by atomic mass is 15.2. The lowest BCUT2D eigenvalue weighted by Gasteiger charge is -2.43. The molecule has 0 aliphatic carbocycles. The average molecular weight is 277 g/mol. The molecule has 2 aromatic rings. The van der Waals surface area contributed by atoms with E-state index in [9.17, 15) is 0 Å². The Morgan fingerprint density at radius 3 is 2.10 bits per heavy atom. The van der Waals surface area contributed by atoms with Gasteiger partial charge in [0.05, 0.1) is 0 Å². The van der Waals surface area contributed by atoms with Crippen LogP contribution in [0.1, 0.15) is 42.2 Å². The van der Waals surface area contributed by atoms with Gasteiger partial charge in [-0.15, -0.1) is 0 Å². The molecule has 2 aromatic carbocycles. The number of benzene rings is 2. The predicted octanol–water partition coefficient (Wildman–Crippen LogP) is 4.42. The number of rotatable bonds is 2. The molecule has 0 aromatic heterocycles. The molecule has 0 unspecified atom stereocenters. The van der Waals surface area contributed by atoms with Crippen molar-refractivity contribution in [3.63, 3.8) is 0 Å². The van der Waals surface area contributed by atoms with Gasteiger partial charge in [-0.2, -0.15) is 0 Å². The number of hydrogen-bond donors (Lipinski definition) is 0. The quantitative estimate of drug-likeness (QED) is 0.785. The zero-order valence-corrected chi connectivity index (χ0v) is 12.7. The van der Waals surface area contributed by atoms with Crippen molar-refractivity contribution in [2.45, 2.75) is 43.2 Å².